The number of piperazine rings is 1. The summed E-state index contributed by atoms with van der Waals surface area (Å²) in [6.07, 6.45) is 0.656. The second-order valence-electron chi connectivity index (χ2n) is 6.66. The van der Waals surface area contributed by atoms with Crippen molar-refractivity contribution >= 4 is 11.8 Å². The Morgan fingerprint density at radius 1 is 1.42 bits per heavy atom. The second-order valence-corrected chi connectivity index (χ2v) is 6.66. The molecule has 0 aromatic heterocycles. The number of rotatable bonds is 3. The highest BCUT2D eigenvalue weighted by molar-refractivity contribution is 5.87. The molecule has 1 heterocycles. The molecule has 2 N–H and O–H groups in total. The lowest BCUT2D eigenvalue weighted by molar-refractivity contribution is -0.137. The molecule has 0 aromatic rings. The summed E-state index contributed by atoms with van der Waals surface area (Å²) in [4.78, 5) is 25.7. The van der Waals surface area contributed by atoms with E-state index in [1.54, 1.807) is 0 Å². The first-order chi connectivity index (χ1) is 8.69. The van der Waals surface area contributed by atoms with Gasteiger partial charge in [0, 0.05) is 32.6 Å². The summed E-state index contributed by atoms with van der Waals surface area (Å²) >= 11 is 0. The second kappa shape index (κ2) is 6.37. The summed E-state index contributed by atoms with van der Waals surface area (Å²) in [6.45, 7) is 12.0. The molecule has 0 aliphatic carbocycles. The minimum absolute atomic E-state index is 0.00241. The van der Waals surface area contributed by atoms with Crippen molar-refractivity contribution < 1.29 is 9.59 Å². The van der Waals surface area contributed by atoms with Crippen molar-refractivity contribution in [1.29, 1.82) is 0 Å². The Morgan fingerprint density at radius 3 is 2.53 bits per heavy atom. The zero-order chi connectivity index (χ0) is 14.6. The molecule has 110 valence electrons. The van der Waals surface area contributed by atoms with Crippen LogP contribution < -0.4 is 10.6 Å². The number of nitrogens with zero attached hydrogens (tertiary/aromatic N) is 1. The topological polar surface area (TPSA) is 61.4 Å². The van der Waals surface area contributed by atoms with E-state index in [9.17, 15) is 9.59 Å². The van der Waals surface area contributed by atoms with Gasteiger partial charge in [0.25, 0.3) is 0 Å². The van der Waals surface area contributed by atoms with Gasteiger partial charge in [-0.05, 0) is 18.8 Å². The van der Waals surface area contributed by atoms with Gasteiger partial charge in [-0.3, -0.25) is 9.59 Å². The molecule has 0 radical (unpaired) electrons. The summed E-state index contributed by atoms with van der Waals surface area (Å²) in [5.74, 6) is -0.107. The lowest BCUT2D eigenvalue weighted by Gasteiger charge is -2.36. The Labute approximate surface area is 116 Å². The van der Waals surface area contributed by atoms with Gasteiger partial charge in [-0.2, -0.15) is 0 Å². The number of nitrogens with one attached hydrogen (secondary N) is 2. The molecule has 0 saturated carbocycles. The maximum atomic E-state index is 12.5. The van der Waals surface area contributed by atoms with Gasteiger partial charge in [-0.15, -0.1) is 0 Å². The normalized spacial score (nSPS) is 21.9. The van der Waals surface area contributed by atoms with Crippen molar-refractivity contribution in [2.24, 2.45) is 5.41 Å². The number of hydrogen-bond acceptors (Lipinski definition) is 3. The Balaban J connectivity index is 2.72. The Kier molecular flexibility index (Phi) is 5.35. The fourth-order valence-corrected chi connectivity index (χ4v) is 2.41. The van der Waals surface area contributed by atoms with Gasteiger partial charge < -0.3 is 15.5 Å². The predicted octanol–water partition coefficient (Wildman–Crippen LogP) is 0.748. The average molecular weight is 269 g/mol. The highest BCUT2D eigenvalue weighted by atomic mass is 16.2. The Hall–Kier alpha value is -1.10. The maximum absolute atomic E-state index is 12.5. The van der Waals surface area contributed by atoms with E-state index in [4.69, 9.17) is 0 Å². The van der Waals surface area contributed by atoms with Crippen LogP contribution in [-0.4, -0.2) is 48.4 Å². The fraction of sp³-hybridized carbons (Fsp3) is 0.857. The van der Waals surface area contributed by atoms with Crippen LogP contribution >= 0.6 is 0 Å². The Morgan fingerprint density at radius 2 is 2.05 bits per heavy atom. The maximum Gasteiger partial charge on any atom is 0.245 e. The van der Waals surface area contributed by atoms with Crippen LogP contribution in [0.3, 0.4) is 0 Å². The molecule has 0 spiro atoms. The SMILES string of the molecule is CC(=O)N[C@@H](CC(C)(C)C)C(=O)N1CCN[C@@H](C)C1. The van der Waals surface area contributed by atoms with Gasteiger partial charge in [0.1, 0.15) is 6.04 Å². The largest absolute Gasteiger partial charge is 0.345 e. The summed E-state index contributed by atoms with van der Waals surface area (Å²) in [5.41, 5.74) is 0.00241. The van der Waals surface area contributed by atoms with E-state index in [1.807, 2.05) is 4.90 Å². The van der Waals surface area contributed by atoms with Crippen LogP contribution in [0.25, 0.3) is 0 Å². The predicted molar refractivity (Wildman–Crippen MR) is 75.7 cm³/mol. The van der Waals surface area contributed by atoms with Crippen LogP contribution in [0.5, 0.6) is 0 Å². The van der Waals surface area contributed by atoms with Gasteiger partial charge in [0.2, 0.25) is 11.8 Å². The van der Waals surface area contributed by atoms with Gasteiger partial charge in [-0.25, -0.2) is 0 Å². The molecule has 2 atom stereocenters. The van der Waals surface area contributed by atoms with Gasteiger partial charge in [0.15, 0.2) is 0 Å². The van der Waals surface area contributed by atoms with E-state index in [0.29, 0.717) is 25.6 Å². The number of carbonyl (C=O) groups excluding carboxylic acids is 2. The first-order valence-electron chi connectivity index (χ1n) is 6.98. The summed E-state index contributed by atoms with van der Waals surface area (Å²) in [5, 5.41) is 6.11. The number of amides is 2. The molecule has 1 aliphatic heterocycles. The monoisotopic (exact) mass is 269 g/mol. The molecule has 19 heavy (non-hydrogen) atoms. The molecule has 5 heteroatoms. The number of hydrogen-bond donors (Lipinski definition) is 2. The van der Waals surface area contributed by atoms with E-state index in [2.05, 4.69) is 38.3 Å². The number of carbonyl (C=O) groups is 2. The van der Waals surface area contributed by atoms with Crippen LogP contribution in [0.1, 0.15) is 41.0 Å². The third-order valence-electron chi connectivity index (χ3n) is 3.17. The zero-order valence-electron chi connectivity index (χ0n) is 12.7. The summed E-state index contributed by atoms with van der Waals surface area (Å²) < 4.78 is 0. The standard InChI is InChI=1S/C14H27N3O2/c1-10-9-17(7-6-15-10)13(19)12(16-11(2)18)8-14(3,4)5/h10,12,15H,6-9H2,1-5H3,(H,16,18)/t10-,12-/m0/s1. The smallest absolute Gasteiger partial charge is 0.245 e. The zero-order valence-corrected chi connectivity index (χ0v) is 12.7. The third-order valence-corrected chi connectivity index (χ3v) is 3.17. The summed E-state index contributed by atoms with van der Waals surface area (Å²) in [7, 11) is 0. The highest BCUT2D eigenvalue weighted by Crippen LogP contribution is 2.22. The van der Waals surface area contributed by atoms with Gasteiger partial charge in [-0.1, -0.05) is 20.8 Å². The molecule has 1 saturated heterocycles. The van der Waals surface area contributed by atoms with Gasteiger partial charge in [0.05, 0.1) is 0 Å². The van der Waals surface area contributed by atoms with Crippen molar-refractivity contribution in [1.82, 2.24) is 15.5 Å². The van der Waals surface area contributed by atoms with Crippen LogP contribution in [0.15, 0.2) is 0 Å². The lowest BCUT2D eigenvalue weighted by atomic mass is 9.87. The minimum Gasteiger partial charge on any atom is -0.345 e. The molecule has 0 aromatic carbocycles. The third kappa shape index (κ3) is 5.59. The molecule has 0 bridgehead atoms. The minimum atomic E-state index is -0.414. The van der Waals surface area contributed by atoms with Crippen molar-refractivity contribution in [2.75, 3.05) is 19.6 Å². The van der Waals surface area contributed by atoms with Crippen molar-refractivity contribution in [3.05, 3.63) is 0 Å². The van der Waals surface area contributed by atoms with Crippen molar-refractivity contribution in [3.8, 4) is 0 Å². The molecule has 0 unspecified atom stereocenters. The van der Waals surface area contributed by atoms with Crippen molar-refractivity contribution in [3.63, 3.8) is 0 Å². The van der Waals surface area contributed by atoms with Crippen LogP contribution in [0.4, 0.5) is 0 Å². The average Bonchev–Trinajstić information content (AvgIpc) is 2.24. The highest BCUT2D eigenvalue weighted by Gasteiger charge is 2.30. The van der Waals surface area contributed by atoms with Crippen LogP contribution in [-0.2, 0) is 9.59 Å². The van der Waals surface area contributed by atoms with Crippen LogP contribution in [0.2, 0.25) is 0 Å². The van der Waals surface area contributed by atoms with Crippen LogP contribution in [0, 0.1) is 5.41 Å². The van der Waals surface area contributed by atoms with E-state index in [-0.39, 0.29) is 17.2 Å². The molecule has 2 amide bonds. The molecule has 5 nitrogen and oxygen atoms in total. The molecule has 1 aliphatic rings. The molecular weight excluding hydrogens is 242 g/mol. The summed E-state index contributed by atoms with van der Waals surface area (Å²) in [6, 6.07) is -0.104. The first-order valence-corrected chi connectivity index (χ1v) is 6.98. The molecular formula is C14H27N3O2. The van der Waals surface area contributed by atoms with E-state index < -0.39 is 6.04 Å². The first kappa shape index (κ1) is 16.0. The lowest BCUT2D eigenvalue weighted by Crippen LogP contribution is -2.57. The molecule has 1 fully saturated rings. The van der Waals surface area contributed by atoms with Crippen molar-refractivity contribution in [2.45, 2.75) is 53.1 Å². The fourth-order valence-electron chi connectivity index (χ4n) is 2.41. The molecule has 1 rings (SSSR count). The van der Waals surface area contributed by atoms with E-state index in [1.165, 1.54) is 6.92 Å². The van der Waals surface area contributed by atoms with E-state index >= 15 is 0 Å². The van der Waals surface area contributed by atoms with Gasteiger partial charge >= 0.3 is 0 Å². The Bertz CT molecular complexity index is 336. The quantitative estimate of drug-likeness (QED) is 0.795. The van der Waals surface area contributed by atoms with E-state index in [0.717, 1.165) is 6.54 Å².